The van der Waals surface area contributed by atoms with Crippen LogP contribution >= 0.6 is 0 Å². The van der Waals surface area contributed by atoms with Gasteiger partial charge >= 0.3 is 5.97 Å². The molecule has 1 aliphatic rings. The summed E-state index contributed by atoms with van der Waals surface area (Å²) in [6.07, 6.45) is 45.9. The van der Waals surface area contributed by atoms with E-state index in [9.17, 15) is 9.59 Å². The summed E-state index contributed by atoms with van der Waals surface area (Å²) in [5.74, 6) is 1.04. The lowest BCUT2D eigenvalue weighted by Crippen LogP contribution is -2.46. The molecule has 0 unspecified atom stereocenters. The van der Waals surface area contributed by atoms with Crippen molar-refractivity contribution in [2.75, 3.05) is 78.6 Å². The number of nitrogens with zero attached hydrogens (tertiary/aromatic N) is 4. The number of unbranched alkanes of at least 4 members (excludes halogenated alkanes) is 26. The zero-order chi connectivity index (χ0) is 45.7. The predicted octanol–water partition coefficient (Wildman–Crippen LogP) is 15.0. The maximum absolute atomic E-state index is 14.0. The summed E-state index contributed by atoms with van der Waals surface area (Å²) < 4.78 is 5.61. The molecule has 0 aromatic rings. The third kappa shape index (κ3) is 37.6. The lowest BCUT2D eigenvalue weighted by molar-refractivity contribution is -0.144. The molecule has 0 aliphatic carbocycles. The Morgan fingerprint density at radius 1 is 0.413 bits per heavy atom. The smallest absolute Gasteiger partial charge is 0.305 e. The average molecular weight is 890 g/mol. The van der Waals surface area contributed by atoms with Crippen LogP contribution in [0, 0.1) is 5.92 Å². The van der Waals surface area contributed by atoms with E-state index in [4.69, 9.17) is 4.74 Å². The fourth-order valence-electron chi connectivity index (χ4n) is 9.59. The number of carbonyl (C=O) groups is 2. The summed E-state index contributed by atoms with van der Waals surface area (Å²) in [6, 6.07) is 0. The van der Waals surface area contributed by atoms with Crippen molar-refractivity contribution in [1.29, 1.82) is 0 Å². The van der Waals surface area contributed by atoms with Gasteiger partial charge in [0.05, 0.1) is 13.2 Å². The predicted molar refractivity (Wildman–Crippen MR) is 275 cm³/mol. The molecule has 0 spiro atoms. The highest BCUT2D eigenvalue weighted by Crippen LogP contribution is 2.22. The Hall–Kier alpha value is -1.18. The van der Waals surface area contributed by atoms with E-state index in [0.29, 0.717) is 31.4 Å². The Balaban J connectivity index is 2.73. The first-order valence-electron chi connectivity index (χ1n) is 28.6. The van der Waals surface area contributed by atoms with E-state index >= 15 is 0 Å². The third-order valence-electron chi connectivity index (χ3n) is 14.1. The number of likely N-dealkylation sites (tertiary alicyclic amines) is 1. The van der Waals surface area contributed by atoms with Crippen molar-refractivity contribution < 1.29 is 14.3 Å². The standard InChI is InChI=1S/C56H112N4O3/c1-6-11-16-20-24-28-33-42-57(46-37-52-63-56(62)38-32-15-10-5)47-39-54-40-48-60(49-41-54)55(61)53-59(45-36-31-27-23-19-14-9-4)51-50-58(43-34-29-25-21-17-12-7-2)44-35-30-26-22-18-13-8-3/h54H,6-53H2,1-5H3. The quantitative estimate of drug-likeness (QED) is 0.0448. The molecule has 0 atom stereocenters. The number of piperidine rings is 1. The number of hydrogen-bond donors (Lipinski definition) is 0. The molecule has 1 saturated heterocycles. The number of ether oxygens (including phenoxy) is 1. The molecule has 0 aromatic heterocycles. The second kappa shape index (κ2) is 46.0. The summed E-state index contributed by atoms with van der Waals surface area (Å²) >= 11 is 0. The summed E-state index contributed by atoms with van der Waals surface area (Å²) in [7, 11) is 0. The number of amides is 1. The lowest BCUT2D eigenvalue weighted by Gasteiger charge is -2.35. The van der Waals surface area contributed by atoms with Crippen LogP contribution < -0.4 is 0 Å². The second-order valence-electron chi connectivity index (χ2n) is 20.1. The summed E-state index contributed by atoms with van der Waals surface area (Å²) in [6.45, 7) is 23.3. The molecule has 1 amide bonds. The molecule has 1 heterocycles. The first-order valence-corrected chi connectivity index (χ1v) is 28.6. The number of carbonyl (C=O) groups excluding carboxylic acids is 2. The van der Waals surface area contributed by atoms with E-state index in [1.807, 2.05) is 0 Å². The van der Waals surface area contributed by atoms with Crippen LogP contribution in [-0.4, -0.2) is 110 Å². The van der Waals surface area contributed by atoms with Crippen LogP contribution in [0.4, 0.5) is 0 Å². The highest BCUT2D eigenvalue weighted by molar-refractivity contribution is 5.78. The Labute approximate surface area is 394 Å². The maximum Gasteiger partial charge on any atom is 0.305 e. The fourth-order valence-corrected chi connectivity index (χ4v) is 9.59. The van der Waals surface area contributed by atoms with Crippen LogP contribution in [0.3, 0.4) is 0 Å². The van der Waals surface area contributed by atoms with Crippen LogP contribution in [0.5, 0.6) is 0 Å². The molecule has 1 fully saturated rings. The van der Waals surface area contributed by atoms with Gasteiger partial charge in [-0.25, -0.2) is 0 Å². The minimum Gasteiger partial charge on any atom is -0.466 e. The summed E-state index contributed by atoms with van der Waals surface area (Å²) in [4.78, 5) is 36.4. The highest BCUT2D eigenvalue weighted by atomic mass is 16.5. The third-order valence-corrected chi connectivity index (χ3v) is 14.1. The van der Waals surface area contributed by atoms with Gasteiger partial charge in [0.15, 0.2) is 0 Å². The molecule has 0 radical (unpaired) electrons. The number of rotatable bonds is 48. The molecule has 1 aliphatic heterocycles. The monoisotopic (exact) mass is 889 g/mol. The molecule has 7 heteroatoms. The van der Waals surface area contributed by atoms with E-state index in [2.05, 4.69) is 54.2 Å². The van der Waals surface area contributed by atoms with Crippen molar-refractivity contribution in [3.05, 3.63) is 0 Å². The minimum absolute atomic E-state index is 0.0242. The van der Waals surface area contributed by atoms with Gasteiger partial charge in [-0.3, -0.25) is 14.5 Å². The fraction of sp³-hybridized carbons (Fsp3) is 0.964. The number of esters is 1. The largest absolute Gasteiger partial charge is 0.466 e. The summed E-state index contributed by atoms with van der Waals surface area (Å²) in [5, 5.41) is 0. The van der Waals surface area contributed by atoms with E-state index in [0.717, 1.165) is 90.9 Å². The molecule has 0 saturated carbocycles. The van der Waals surface area contributed by atoms with E-state index in [1.54, 1.807) is 0 Å². The Kier molecular flexibility index (Phi) is 43.6. The molecule has 0 aromatic carbocycles. The van der Waals surface area contributed by atoms with Gasteiger partial charge in [0.25, 0.3) is 0 Å². The van der Waals surface area contributed by atoms with E-state index in [-0.39, 0.29) is 5.97 Å². The van der Waals surface area contributed by atoms with Crippen molar-refractivity contribution in [2.45, 2.75) is 266 Å². The Bertz CT molecular complexity index is 954. The van der Waals surface area contributed by atoms with Gasteiger partial charge in [0.2, 0.25) is 5.91 Å². The van der Waals surface area contributed by atoms with Crippen LogP contribution in [0.2, 0.25) is 0 Å². The average Bonchev–Trinajstić information content (AvgIpc) is 3.29. The maximum atomic E-state index is 14.0. The van der Waals surface area contributed by atoms with Crippen LogP contribution in [-0.2, 0) is 14.3 Å². The zero-order valence-corrected chi connectivity index (χ0v) is 43.5. The van der Waals surface area contributed by atoms with Gasteiger partial charge in [0, 0.05) is 39.1 Å². The molecule has 0 bridgehead atoms. The van der Waals surface area contributed by atoms with Crippen LogP contribution in [0.1, 0.15) is 266 Å². The zero-order valence-electron chi connectivity index (χ0n) is 43.5. The van der Waals surface area contributed by atoms with Crippen molar-refractivity contribution in [3.8, 4) is 0 Å². The van der Waals surface area contributed by atoms with Crippen molar-refractivity contribution in [2.24, 2.45) is 5.92 Å². The molecular formula is C56H112N4O3. The van der Waals surface area contributed by atoms with E-state index in [1.165, 1.54) is 199 Å². The number of hydrogen-bond acceptors (Lipinski definition) is 6. The SMILES string of the molecule is CCCCCCCCCN(CCCOC(=O)CCCCC)CCC1CCN(C(=O)CN(CCCCCCCCC)CCN(CCCCCCCCC)CCCCCCCCC)CC1. The van der Waals surface area contributed by atoms with Gasteiger partial charge in [-0.1, -0.05) is 202 Å². The molecule has 374 valence electrons. The van der Waals surface area contributed by atoms with Gasteiger partial charge < -0.3 is 19.4 Å². The Morgan fingerprint density at radius 2 is 0.762 bits per heavy atom. The molecule has 0 N–H and O–H groups in total. The highest BCUT2D eigenvalue weighted by Gasteiger charge is 2.25. The van der Waals surface area contributed by atoms with Gasteiger partial charge in [-0.15, -0.1) is 0 Å². The van der Waals surface area contributed by atoms with Gasteiger partial charge in [0.1, 0.15) is 0 Å². The van der Waals surface area contributed by atoms with Crippen molar-refractivity contribution >= 4 is 11.9 Å². The van der Waals surface area contributed by atoms with Gasteiger partial charge in [-0.2, -0.15) is 0 Å². The van der Waals surface area contributed by atoms with Gasteiger partial charge in [-0.05, 0) is 96.4 Å². The topological polar surface area (TPSA) is 56.3 Å². The normalized spacial score (nSPS) is 13.6. The molecule has 1 rings (SSSR count). The van der Waals surface area contributed by atoms with Crippen LogP contribution in [0.15, 0.2) is 0 Å². The first kappa shape index (κ1) is 59.8. The van der Waals surface area contributed by atoms with Crippen molar-refractivity contribution in [3.63, 3.8) is 0 Å². The second-order valence-corrected chi connectivity index (χ2v) is 20.1. The first-order chi connectivity index (χ1) is 31.0. The lowest BCUT2D eigenvalue weighted by atomic mass is 9.93. The molecule has 63 heavy (non-hydrogen) atoms. The summed E-state index contributed by atoms with van der Waals surface area (Å²) in [5.41, 5.74) is 0. The van der Waals surface area contributed by atoms with E-state index < -0.39 is 0 Å². The molecular weight excluding hydrogens is 777 g/mol. The minimum atomic E-state index is -0.0242. The Morgan fingerprint density at radius 3 is 1.21 bits per heavy atom. The molecule has 7 nitrogen and oxygen atoms in total. The van der Waals surface area contributed by atoms with Crippen molar-refractivity contribution in [1.82, 2.24) is 19.6 Å². The van der Waals surface area contributed by atoms with Crippen LogP contribution in [0.25, 0.3) is 0 Å².